The number of azo groups is 1. The number of esters is 1. The van der Waals surface area contributed by atoms with E-state index >= 15 is 0 Å². The molecule has 0 bridgehead atoms. The summed E-state index contributed by atoms with van der Waals surface area (Å²) in [5, 5.41) is 8.35. The van der Waals surface area contributed by atoms with Crippen LogP contribution in [0.2, 0.25) is 0 Å². The highest BCUT2D eigenvalue weighted by Crippen LogP contribution is 2.21. The molecule has 4 heteroatoms. The first-order valence-electron chi connectivity index (χ1n) is 6.45. The van der Waals surface area contributed by atoms with E-state index in [1.807, 2.05) is 31.2 Å². The monoisotopic (exact) mass is 268 g/mol. The van der Waals surface area contributed by atoms with Gasteiger partial charge < -0.3 is 4.74 Å². The van der Waals surface area contributed by atoms with Crippen molar-refractivity contribution >= 4 is 17.3 Å². The molecule has 0 heterocycles. The van der Waals surface area contributed by atoms with Gasteiger partial charge in [-0.15, -0.1) is 0 Å². The number of carbonyl (C=O) groups is 1. The predicted molar refractivity (Wildman–Crippen MR) is 77.8 cm³/mol. The van der Waals surface area contributed by atoms with E-state index in [-0.39, 0.29) is 5.97 Å². The van der Waals surface area contributed by atoms with E-state index in [1.165, 1.54) is 0 Å². The van der Waals surface area contributed by atoms with Gasteiger partial charge in [-0.3, -0.25) is 0 Å². The summed E-state index contributed by atoms with van der Waals surface area (Å²) < 4.78 is 4.92. The van der Waals surface area contributed by atoms with Gasteiger partial charge in [-0.05, 0) is 49.7 Å². The van der Waals surface area contributed by atoms with E-state index in [2.05, 4.69) is 10.2 Å². The molecule has 0 aliphatic carbocycles. The fourth-order valence-electron chi connectivity index (χ4n) is 1.67. The van der Waals surface area contributed by atoms with E-state index in [0.29, 0.717) is 17.9 Å². The van der Waals surface area contributed by atoms with Crippen LogP contribution in [0.25, 0.3) is 0 Å². The molecule has 2 aromatic carbocycles. The Morgan fingerprint density at radius 1 is 1.05 bits per heavy atom. The van der Waals surface area contributed by atoms with Crippen molar-refractivity contribution in [2.75, 3.05) is 6.61 Å². The second-order valence-corrected chi connectivity index (χ2v) is 4.25. The zero-order chi connectivity index (χ0) is 14.4. The summed E-state index contributed by atoms with van der Waals surface area (Å²) in [6, 6.07) is 14.6. The Morgan fingerprint density at radius 3 is 2.40 bits per heavy atom. The Kier molecular flexibility index (Phi) is 4.60. The van der Waals surface area contributed by atoms with Gasteiger partial charge in [-0.25, -0.2) is 4.79 Å². The van der Waals surface area contributed by atoms with Gasteiger partial charge in [0.2, 0.25) is 0 Å². The molecule has 2 rings (SSSR count). The summed E-state index contributed by atoms with van der Waals surface area (Å²) in [6.07, 6.45) is 0. The summed E-state index contributed by atoms with van der Waals surface area (Å²) in [5.41, 5.74) is 3.12. The SMILES string of the molecule is CCOC(=O)c1ccc(N=Nc2ccccc2C)cc1. The number of aryl methyl sites for hydroxylation is 1. The molecule has 0 atom stereocenters. The van der Waals surface area contributed by atoms with Gasteiger partial charge in [-0.2, -0.15) is 10.2 Å². The predicted octanol–water partition coefficient (Wildman–Crippen LogP) is 4.59. The van der Waals surface area contributed by atoms with Gasteiger partial charge in [0.25, 0.3) is 0 Å². The molecule has 0 saturated heterocycles. The van der Waals surface area contributed by atoms with Crippen molar-refractivity contribution in [1.29, 1.82) is 0 Å². The molecule has 0 fully saturated rings. The minimum absolute atomic E-state index is 0.324. The third-order valence-corrected chi connectivity index (χ3v) is 2.77. The van der Waals surface area contributed by atoms with Crippen molar-refractivity contribution in [2.45, 2.75) is 13.8 Å². The Hall–Kier alpha value is -2.49. The van der Waals surface area contributed by atoms with Crippen LogP contribution in [0.1, 0.15) is 22.8 Å². The van der Waals surface area contributed by atoms with Crippen LogP contribution < -0.4 is 0 Å². The van der Waals surface area contributed by atoms with Gasteiger partial charge in [0.1, 0.15) is 0 Å². The van der Waals surface area contributed by atoms with Gasteiger partial charge >= 0.3 is 5.97 Å². The minimum Gasteiger partial charge on any atom is -0.462 e. The Morgan fingerprint density at radius 2 is 1.75 bits per heavy atom. The van der Waals surface area contributed by atoms with Crippen LogP contribution in [-0.2, 0) is 4.74 Å². The molecule has 0 aromatic heterocycles. The third kappa shape index (κ3) is 3.51. The summed E-state index contributed by atoms with van der Waals surface area (Å²) in [6.45, 7) is 4.13. The second-order valence-electron chi connectivity index (χ2n) is 4.25. The molecule has 0 aliphatic heterocycles. The van der Waals surface area contributed by atoms with Gasteiger partial charge in [-0.1, -0.05) is 18.2 Å². The zero-order valence-corrected chi connectivity index (χ0v) is 11.5. The zero-order valence-electron chi connectivity index (χ0n) is 11.5. The number of hydrogen-bond acceptors (Lipinski definition) is 4. The number of hydrogen-bond donors (Lipinski definition) is 0. The van der Waals surface area contributed by atoms with Crippen LogP contribution in [0.15, 0.2) is 58.8 Å². The van der Waals surface area contributed by atoms with Crippen molar-refractivity contribution in [3.63, 3.8) is 0 Å². The Balaban J connectivity index is 2.11. The fraction of sp³-hybridized carbons (Fsp3) is 0.188. The standard InChI is InChI=1S/C16H16N2O2/c1-3-20-16(19)13-8-10-14(11-9-13)17-18-15-7-5-4-6-12(15)2/h4-11H,3H2,1-2H3. The quantitative estimate of drug-likeness (QED) is 0.601. The van der Waals surface area contributed by atoms with E-state index < -0.39 is 0 Å². The van der Waals surface area contributed by atoms with Crippen LogP contribution in [0.3, 0.4) is 0 Å². The van der Waals surface area contributed by atoms with Crippen LogP contribution in [0.4, 0.5) is 11.4 Å². The number of carbonyl (C=O) groups excluding carboxylic acids is 1. The molecule has 0 aliphatic rings. The van der Waals surface area contributed by atoms with E-state index in [0.717, 1.165) is 11.3 Å². The average molecular weight is 268 g/mol. The Bertz CT molecular complexity index is 619. The molecular weight excluding hydrogens is 252 g/mol. The van der Waals surface area contributed by atoms with E-state index in [4.69, 9.17) is 4.74 Å². The lowest BCUT2D eigenvalue weighted by atomic mass is 10.2. The summed E-state index contributed by atoms with van der Waals surface area (Å²) >= 11 is 0. The molecule has 0 saturated carbocycles. The first-order valence-corrected chi connectivity index (χ1v) is 6.45. The van der Waals surface area contributed by atoms with Crippen LogP contribution in [-0.4, -0.2) is 12.6 Å². The number of nitrogens with zero attached hydrogens (tertiary/aromatic N) is 2. The summed E-state index contributed by atoms with van der Waals surface area (Å²) in [5.74, 6) is -0.324. The molecule has 0 spiro atoms. The van der Waals surface area contributed by atoms with Crippen LogP contribution >= 0.6 is 0 Å². The first-order chi connectivity index (χ1) is 9.70. The molecule has 102 valence electrons. The van der Waals surface area contributed by atoms with E-state index in [1.54, 1.807) is 31.2 Å². The smallest absolute Gasteiger partial charge is 0.338 e. The van der Waals surface area contributed by atoms with Crippen molar-refractivity contribution in [3.05, 3.63) is 59.7 Å². The normalized spacial score (nSPS) is 10.7. The van der Waals surface area contributed by atoms with Gasteiger partial charge in [0, 0.05) is 0 Å². The highest BCUT2D eigenvalue weighted by Gasteiger charge is 2.05. The molecule has 0 unspecified atom stereocenters. The first kappa shape index (κ1) is 13.9. The minimum atomic E-state index is -0.324. The molecule has 0 amide bonds. The van der Waals surface area contributed by atoms with Gasteiger partial charge in [0.15, 0.2) is 0 Å². The maximum Gasteiger partial charge on any atom is 0.338 e. The van der Waals surface area contributed by atoms with Gasteiger partial charge in [0.05, 0.1) is 23.5 Å². The molecular formula is C16H16N2O2. The second kappa shape index (κ2) is 6.61. The Labute approximate surface area is 118 Å². The fourth-order valence-corrected chi connectivity index (χ4v) is 1.67. The third-order valence-electron chi connectivity index (χ3n) is 2.77. The van der Waals surface area contributed by atoms with Crippen molar-refractivity contribution < 1.29 is 9.53 Å². The van der Waals surface area contributed by atoms with E-state index in [9.17, 15) is 4.79 Å². The highest BCUT2D eigenvalue weighted by atomic mass is 16.5. The maximum absolute atomic E-state index is 11.5. The maximum atomic E-state index is 11.5. The average Bonchev–Trinajstić information content (AvgIpc) is 2.47. The van der Waals surface area contributed by atoms with Crippen LogP contribution in [0, 0.1) is 6.92 Å². The van der Waals surface area contributed by atoms with Crippen molar-refractivity contribution in [2.24, 2.45) is 10.2 Å². The number of rotatable bonds is 4. The molecule has 4 nitrogen and oxygen atoms in total. The highest BCUT2D eigenvalue weighted by molar-refractivity contribution is 5.89. The summed E-state index contributed by atoms with van der Waals surface area (Å²) in [7, 11) is 0. The number of ether oxygens (including phenoxy) is 1. The largest absolute Gasteiger partial charge is 0.462 e. The lowest BCUT2D eigenvalue weighted by Crippen LogP contribution is -2.03. The lowest BCUT2D eigenvalue weighted by Gasteiger charge is -2.01. The topological polar surface area (TPSA) is 51.0 Å². The molecule has 2 aromatic rings. The summed E-state index contributed by atoms with van der Waals surface area (Å²) in [4.78, 5) is 11.5. The molecule has 0 N–H and O–H groups in total. The van der Waals surface area contributed by atoms with Crippen molar-refractivity contribution in [3.8, 4) is 0 Å². The molecule has 0 radical (unpaired) electrons. The lowest BCUT2D eigenvalue weighted by molar-refractivity contribution is 0.0526. The molecule has 20 heavy (non-hydrogen) atoms. The van der Waals surface area contributed by atoms with Crippen molar-refractivity contribution in [1.82, 2.24) is 0 Å². The number of benzene rings is 2. The van der Waals surface area contributed by atoms with Crippen LogP contribution in [0.5, 0.6) is 0 Å².